The number of aryl methyl sites for hydroxylation is 1. The molecule has 7 nitrogen and oxygen atoms in total. The molecule has 0 spiro atoms. The number of amides is 2. The van der Waals surface area contributed by atoms with Crippen molar-refractivity contribution in [1.29, 1.82) is 0 Å². The molecule has 0 N–H and O–H groups in total. The summed E-state index contributed by atoms with van der Waals surface area (Å²) in [6.45, 7) is 7.13. The highest BCUT2D eigenvalue weighted by Crippen LogP contribution is 2.44. The molecular weight excluding hydrogens is 524 g/mol. The molecule has 206 valence electrons. The summed E-state index contributed by atoms with van der Waals surface area (Å²) in [7, 11) is -4.35. The van der Waals surface area contributed by atoms with Gasteiger partial charge in [0.25, 0.3) is 10.0 Å². The molecule has 0 bridgehead atoms. The van der Waals surface area contributed by atoms with Gasteiger partial charge in [-0.15, -0.1) is 0 Å². The van der Waals surface area contributed by atoms with Crippen molar-refractivity contribution in [1.82, 2.24) is 9.21 Å². The summed E-state index contributed by atoms with van der Waals surface area (Å²) >= 11 is 0. The minimum Gasteiger partial charge on any atom is -0.461 e. The number of urea groups is 1. The zero-order valence-corrected chi connectivity index (χ0v) is 23.7. The highest BCUT2D eigenvalue weighted by atomic mass is 32.2. The van der Waals surface area contributed by atoms with Crippen LogP contribution in [0.2, 0.25) is 0 Å². The van der Waals surface area contributed by atoms with Crippen LogP contribution in [0.5, 0.6) is 0 Å². The number of fused-ring (bicyclic) bond motifs is 1. The number of nitrogens with zero attached hydrogens (tertiary/aromatic N) is 2. The number of sulfonamides is 1. The van der Waals surface area contributed by atoms with Crippen molar-refractivity contribution >= 4 is 32.8 Å². The number of benzene rings is 4. The molecule has 0 aliphatic carbocycles. The molecule has 1 saturated heterocycles. The van der Waals surface area contributed by atoms with Crippen LogP contribution in [0, 0.1) is 6.92 Å². The zero-order chi connectivity index (χ0) is 28.6. The zero-order valence-electron chi connectivity index (χ0n) is 22.9. The van der Waals surface area contributed by atoms with E-state index < -0.39 is 46.3 Å². The fourth-order valence-corrected chi connectivity index (χ4v) is 6.93. The van der Waals surface area contributed by atoms with Gasteiger partial charge < -0.3 is 9.64 Å². The van der Waals surface area contributed by atoms with Gasteiger partial charge in [0.2, 0.25) is 0 Å². The highest BCUT2D eigenvalue weighted by molar-refractivity contribution is 7.89. The molecule has 5 rings (SSSR count). The molecule has 1 aliphatic rings. The Balaban J connectivity index is 1.73. The van der Waals surface area contributed by atoms with Crippen molar-refractivity contribution in [3.05, 3.63) is 114 Å². The van der Waals surface area contributed by atoms with Gasteiger partial charge in [0.1, 0.15) is 6.04 Å². The van der Waals surface area contributed by atoms with E-state index in [-0.39, 0.29) is 4.90 Å². The summed E-state index contributed by atoms with van der Waals surface area (Å²) in [5, 5.41) is 1.89. The number of ether oxygens (including phenoxy) is 1. The summed E-state index contributed by atoms with van der Waals surface area (Å²) < 4.78 is 34.9. The molecule has 1 heterocycles. The summed E-state index contributed by atoms with van der Waals surface area (Å²) in [5.41, 5.74) is 2.20. The molecule has 2 amide bonds. The number of esters is 1. The first-order chi connectivity index (χ1) is 19.1. The van der Waals surface area contributed by atoms with Gasteiger partial charge in [0.05, 0.1) is 17.0 Å². The average molecular weight is 557 g/mol. The third-order valence-electron chi connectivity index (χ3n) is 7.26. The molecular formula is C32H32N2O5S. The summed E-state index contributed by atoms with van der Waals surface area (Å²) in [6.07, 6.45) is -0.462. The Bertz CT molecular complexity index is 1650. The second-order valence-corrected chi connectivity index (χ2v) is 12.1. The maximum absolute atomic E-state index is 14.4. The van der Waals surface area contributed by atoms with E-state index in [0.29, 0.717) is 5.56 Å². The van der Waals surface area contributed by atoms with Gasteiger partial charge in [-0.1, -0.05) is 90.5 Å². The van der Waals surface area contributed by atoms with E-state index in [1.165, 1.54) is 17.0 Å². The van der Waals surface area contributed by atoms with Crippen LogP contribution in [0.3, 0.4) is 0 Å². The van der Waals surface area contributed by atoms with Gasteiger partial charge in [-0.05, 0) is 61.7 Å². The van der Waals surface area contributed by atoms with Crippen LogP contribution in [0.25, 0.3) is 10.8 Å². The lowest BCUT2D eigenvalue weighted by molar-refractivity contribution is -0.153. The Hall–Kier alpha value is -4.17. The Labute approximate surface area is 235 Å². The summed E-state index contributed by atoms with van der Waals surface area (Å²) in [6, 6.07) is 24.9. The van der Waals surface area contributed by atoms with Crippen LogP contribution in [0.4, 0.5) is 4.79 Å². The lowest BCUT2D eigenvalue weighted by Crippen LogP contribution is -2.43. The van der Waals surface area contributed by atoms with E-state index in [0.717, 1.165) is 26.2 Å². The van der Waals surface area contributed by atoms with Crippen molar-refractivity contribution in [3.63, 3.8) is 0 Å². The maximum Gasteiger partial charge on any atom is 0.335 e. The predicted molar refractivity (Wildman–Crippen MR) is 154 cm³/mol. The molecule has 4 aromatic rings. The van der Waals surface area contributed by atoms with Crippen LogP contribution in [-0.2, 0) is 19.6 Å². The van der Waals surface area contributed by atoms with Gasteiger partial charge in [0.15, 0.2) is 6.04 Å². The van der Waals surface area contributed by atoms with E-state index in [1.54, 1.807) is 56.3 Å². The van der Waals surface area contributed by atoms with Gasteiger partial charge in [0, 0.05) is 0 Å². The third kappa shape index (κ3) is 4.84. The van der Waals surface area contributed by atoms with E-state index in [1.807, 2.05) is 56.3 Å². The SMILES string of the molecule is Cc1ccc(S(=O)(=O)N2C(=O)N(C(C)c3cccc4ccccc34)C(C(=O)OC(C)C)C2c2ccccc2)cc1. The summed E-state index contributed by atoms with van der Waals surface area (Å²) in [4.78, 5) is 29.5. The van der Waals surface area contributed by atoms with Crippen LogP contribution in [-0.4, -0.2) is 41.8 Å². The third-order valence-corrected chi connectivity index (χ3v) is 9.03. The second kappa shape index (κ2) is 10.8. The van der Waals surface area contributed by atoms with Crippen molar-refractivity contribution in [2.75, 3.05) is 0 Å². The number of hydrogen-bond donors (Lipinski definition) is 0. The highest BCUT2D eigenvalue weighted by Gasteiger charge is 2.57. The lowest BCUT2D eigenvalue weighted by atomic mass is 9.95. The van der Waals surface area contributed by atoms with Crippen LogP contribution >= 0.6 is 0 Å². The molecule has 0 radical (unpaired) electrons. The number of rotatable bonds is 7. The van der Waals surface area contributed by atoms with E-state index >= 15 is 0 Å². The molecule has 4 aromatic carbocycles. The smallest absolute Gasteiger partial charge is 0.335 e. The number of hydrogen-bond acceptors (Lipinski definition) is 5. The molecule has 3 atom stereocenters. The number of carbonyl (C=O) groups is 2. The van der Waals surface area contributed by atoms with Crippen molar-refractivity contribution in [2.45, 2.75) is 56.8 Å². The largest absolute Gasteiger partial charge is 0.461 e. The molecule has 1 aliphatic heterocycles. The molecule has 0 saturated carbocycles. The fraction of sp³-hybridized carbons (Fsp3) is 0.250. The molecule has 8 heteroatoms. The average Bonchev–Trinajstić information content (AvgIpc) is 3.26. The number of carbonyl (C=O) groups excluding carboxylic acids is 2. The Morgan fingerprint density at radius 3 is 2.12 bits per heavy atom. The van der Waals surface area contributed by atoms with Gasteiger partial charge >= 0.3 is 12.0 Å². The van der Waals surface area contributed by atoms with Crippen LogP contribution in [0.15, 0.2) is 102 Å². The van der Waals surface area contributed by atoms with Crippen molar-refractivity contribution < 1.29 is 22.7 Å². The Morgan fingerprint density at radius 2 is 1.45 bits per heavy atom. The molecule has 3 unspecified atom stereocenters. The van der Waals surface area contributed by atoms with Crippen LogP contribution in [0.1, 0.15) is 49.5 Å². The Kier molecular flexibility index (Phi) is 7.38. The quantitative estimate of drug-likeness (QED) is 0.246. The first kappa shape index (κ1) is 27.4. The Morgan fingerprint density at radius 1 is 0.825 bits per heavy atom. The van der Waals surface area contributed by atoms with Crippen molar-refractivity contribution in [2.24, 2.45) is 0 Å². The van der Waals surface area contributed by atoms with E-state index in [4.69, 9.17) is 4.74 Å². The van der Waals surface area contributed by atoms with Crippen LogP contribution < -0.4 is 0 Å². The molecule has 0 aromatic heterocycles. The summed E-state index contributed by atoms with van der Waals surface area (Å²) in [5.74, 6) is -0.661. The minimum atomic E-state index is -4.35. The second-order valence-electron chi connectivity index (χ2n) is 10.3. The first-order valence-corrected chi connectivity index (χ1v) is 14.7. The molecule has 40 heavy (non-hydrogen) atoms. The van der Waals surface area contributed by atoms with Gasteiger partial charge in [-0.2, -0.15) is 0 Å². The lowest BCUT2D eigenvalue weighted by Gasteiger charge is -2.31. The van der Waals surface area contributed by atoms with Gasteiger partial charge in [-0.25, -0.2) is 22.3 Å². The monoisotopic (exact) mass is 556 g/mol. The van der Waals surface area contributed by atoms with Crippen molar-refractivity contribution in [3.8, 4) is 0 Å². The van der Waals surface area contributed by atoms with E-state index in [2.05, 4.69) is 0 Å². The minimum absolute atomic E-state index is 0.0250. The normalized spacial score (nSPS) is 18.4. The molecule has 1 fully saturated rings. The maximum atomic E-state index is 14.4. The van der Waals surface area contributed by atoms with E-state index in [9.17, 15) is 18.0 Å². The topological polar surface area (TPSA) is 84.0 Å². The predicted octanol–water partition coefficient (Wildman–Crippen LogP) is 6.40. The fourth-order valence-electron chi connectivity index (χ4n) is 5.39. The first-order valence-electron chi connectivity index (χ1n) is 13.3. The van der Waals surface area contributed by atoms with Gasteiger partial charge in [-0.3, -0.25) is 0 Å². The standard InChI is InChI=1S/C32H32N2O5S/c1-21(2)39-31(35)30-29(25-12-6-5-7-13-25)34(40(37,38)26-19-17-22(3)18-20-26)32(36)33(30)23(4)27-16-10-14-24-11-8-9-15-28(24)27/h5-21,23,29-30H,1-4H3.